The number of anilines is 1. The number of benzene rings is 1. The van der Waals surface area contributed by atoms with Crippen molar-refractivity contribution in [2.45, 2.75) is 50.3 Å². The monoisotopic (exact) mass is 460 g/mol. The van der Waals surface area contributed by atoms with Crippen molar-refractivity contribution in [1.82, 2.24) is 14.9 Å². The number of carbonyl (C=O) groups is 1. The predicted octanol–water partition coefficient (Wildman–Crippen LogP) is 4.64. The maximum Gasteiger partial charge on any atom is 0.573 e. The van der Waals surface area contributed by atoms with E-state index in [2.05, 4.69) is 20.0 Å². The molecule has 2 fully saturated rings. The van der Waals surface area contributed by atoms with Crippen molar-refractivity contribution in [2.75, 3.05) is 11.9 Å². The Kier molecular flexibility index (Phi) is 5.63. The largest absolute Gasteiger partial charge is 0.573 e. The van der Waals surface area contributed by atoms with Gasteiger partial charge >= 0.3 is 12.5 Å². The average Bonchev–Trinajstić information content (AvgIpc) is 3.48. The van der Waals surface area contributed by atoms with Gasteiger partial charge in [0.2, 0.25) is 5.95 Å². The fourth-order valence-corrected chi connectivity index (χ4v) is 3.48. The molecule has 0 spiro atoms. The van der Waals surface area contributed by atoms with Gasteiger partial charge in [-0.1, -0.05) is 6.07 Å². The van der Waals surface area contributed by atoms with Crippen molar-refractivity contribution in [3.63, 3.8) is 0 Å². The van der Waals surface area contributed by atoms with Crippen LogP contribution in [-0.4, -0.2) is 45.9 Å². The number of carbonyl (C=O) groups excluding carboxylic acids is 1. The Bertz CT molecular complexity index is 989. The Labute approximate surface area is 178 Å². The van der Waals surface area contributed by atoms with E-state index in [0.717, 1.165) is 35.7 Å². The minimum Gasteiger partial charge on any atom is -0.406 e. The molecule has 1 aromatic heterocycles. The van der Waals surface area contributed by atoms with Gasteiger partial charge in [0.15, 0.2) is 0 Å². The van der Waals surface area contributed by atoms with Crippen molar-refractivity contribution < 1.29 is 35.9 Å². The molecule has 1 unspecified atom stereocenters. The third-order valence-corrected chi connectivity index (χ3v) is 5.28. The number of amides is 1. The summed E-state index contributed by atoms with van der Waals surface area (Å²) in [5, 5.41) is 2.83. The van der Waals surface area contributed by atoms with Crippen LogP contribution in [0.3, 0.4) is 0 Å². The van der Waals surface area contributed by atoms with Crippen LogP contribution < -0.4 is 10.1 Å². The lowest BCUT2D eigenvalue weighted by Gasteiger charge is -2.41. The number of likely N-dealkylation sites (tertiary alicyclic amines) is 1. The number of aromatic nitrogens is 2. The summed E-state index contributed by atoms with van der Waals surface area (Å²) in [6, 6.07) is 2.59. The highest BCUT2D eigenvalue weighted by Gasteiger charge is 2.50. The first kappa shape index (κ1) is 22.2. The second-order valence-corrected chi connectivity index (χ2v) is 7.73. The summed E-state index contributed by atoms with van der Waals surface area (Å²) in [6.45, 7) is 0.0903. The maximum atomic E-state index is 12.8. The zero-order valence-corrected chi connectivity index (χ0v) is 16.5. The van der Waals surface area contributed by atoms with Gasteiger partial charge in [-0.2, -0.15) is 13.2 Å². The van der Waals surface area contributed by atoms with Crippen LogP contribution >= 0.6 is 0 Å². The molecule has 4 rings (SSSR count). The molecule has 0 radical (unpaired) electrons. The van der Waals surface area contributed by atoms with E-state index in [0.29, 0.717) is 5.56 Å². The lowest BCUT2D eigenvalue weighted by atomic mass is 10.0. The summed E-state index contributed by atoms with van der Waals surface area (Å²) in [5.41, 5.74) is 1.19. The van der Waals surface area contributed by atoms with E-state index >= 15 is 0 Å². The van der Waals surface area contributed by atoms with E-state index in [1.165, 1.54) is 12.1 Å². The molecule has 1 N–H and O–H groups in total. The number of hydrogen-bond donors (Lipinski definition) is 1. The first-order chi connectivity index (χ1) is 15.0. The summed E-state index contributed by atoms with van der Waals surface area (Å²) < 4.78 is 80.4. The molecule has 1 aliphatic heterocycles. The first-order valence-electron chi connectivity index (χ1n) is 9.83. The number of halogens is 6. The Morgan fingerprint density at radius 3 is 2.28 bits per heavy atom. The lowest BCUT2D eigenvalue weighted by molar-refractivity contribution is -0.274. The molecule has 2 aliphatic rings. The van der Waals surface area contributed by atoms with Gasteiger partial charge in [0.25, 0.3) is 5.91 Å². The van der Waals surface area contributed by atoms with Gasteiger partial charge in [0.05, 0.1) is 5.56 Å². The van der Waals surface area contributed by atoms with Crippen molar-refractivity contribution >= 4 is 11.9 Å². The van der Waals surface area contributed by atoms with E-state index in [-0.39, 0.29) is 42.7 Å². The number of nitrogens with one attached hydrogen (secondary N) is 1. The number of rotatable bonds is 6. The molecule has 1 atom stereocenters. The molecule has 2 heterocycles. The molecule has 1 amide bonds. The van der Waals surface area contributed by atoms with Crippen LogP contribution in [0.2, 0.25) is 0 Å². The normalized spacial score (nSPS) is 18.8. The van der Waals surface area contributed by atoms with Crippen LogP contribution in [0.4, 0.5) is 32.3 Å². The van der Waals surface area contributed by atoms with E-state index < -0.39 is 24.5 Å². The molecular weight excluding hydrogens is 442 g/mol. The predicted molar refractivity (Wildman–Crippen MR) is 100.0 cm³/mol. The molecule has 0 bridgehead atoms. The third-order valence-electron chi connectivity index (χ3n) is 5.28. The molecule has 1 aromatic carbocycles. The van der Waals surface area contributed by atoms with Gasteiger partial charge in [-0.25, -0.2) is 9.97 Å². The summed E-state index contributed by atoms with van der Waals surface area (Å²) in [5.74, 6) is -0.840. The minimum absolute atomic E-state index is 0.00265. The van der Waals surface area contributed by atoms with E-state index in [1.807, 2.05) is 0 Å². The SMILES string of the molecule is O=C(c1cnc(NCc2cc(OC(F)(F)F)cc(C3CC3)c2)nc1)N1CCC1C(F)(F)F. The molecule has 6 nitrogen and oxygen atoms in total. The Morgan fingerprint density at radius 1 is 1.06 bits per heavy atom. The standard InChI is InChI=1S/C20H18F6N4O2/c21-19(22,23)16-3-4-30(16)17(31)14-9-28-18(29-10-14)27-8-11-5-13(12-1-2-12)7-15(6-11)32-20(24,25)26/h5-7,9-10,12,16H,1-4,8H2,(H,27,28,29). The first-order valence-corrected chi connectivity index (χ1v) is 9.83. The van der Waals surface area contributed by atoms with Gasteiger partial charge in [-0.3, -0.25) is 4.79 Å². The number of hydrogen-bond acceptors (Lipinski definition) is 5. The van der Waals surface area contributed by atoms with Crippen LogP contribution in [0.5, 0.6) is 5.75 Å². The molecular formula is C20H18F6N4O2. The van der Waals surface area contributed by atoms with Crippen LogP contribution in [0.25, 0.3) is 0 Å². The topological polar surface area (TPSA) is 67.3 Å². The van der Waals surface area contributed by atoms with Crippen molar-refractivity contribution in [3.05, 3.63) is 47.3 Å². The highest BCUT2D eigenvalue weighted by atomic mass is 19.4. The van der Waals surface area contributed by atoms with Crippen LogP contribution in [-0.2, 0) is 6.54 Å². The number of nitrogens with zero attached hydrogens (tertiary/aromatic N) is 3. The van der Waals surface area contributed by atoms with Gasteiger partial charge < -0.3 is 15.0 Å². The van der Waals surface area contributed by atoms with E-state index in [4.69, 9.17) is 0 Å². The summed E-state index contributed by atoms with van der Waals surface area (Å²) in [4.78, 5) is 20.8. The van der Waals surface area contributed by atoms with Crippen molar-refractivity contribution in [3.8, 4) is 5.75 Å². The van der Waals surface area contributed by atoms with E-state index in [1.54, 1.807) is 6.07 Å². The zero-order valence-electron chi connectivity index (χ0n) is 16.5. The van der Waals surface area contributed by atoms with Gasteiger partial charge in [0, 0.05) is 25.5 Å². The van der Waals surface area contributed by atoms with Crippen LogP contribution in [0, 0.1) is 0 Å². The zero-order chi connectivity index (χ0) is 23.1. The quantitative estimate of drug-likeness (QED) is 0.637. The molecule has 1 saturated heterocycles. The number of ether oxygens (including phenoxy) is 1. The van der Waals surface area contributed by atoms with Crippen LogP contribution in [0.15, 0.2) is 30.6 Å². The second kappa shape index (κ2) is 8.14. The number of alkyl halides is 6. The van der Waals surface area contributed by atoms with Crippen LogP contribution in [0.1, 0.15) is 46.7 Å². The molecule has 172 valence electrons. The van der Waals surface area contributed by atoms with Gasteiger partial charge in [0.1, 0.15) is 11.8 Å². The summed E-state index contributed by atoms with van der Waals surface area (Å²) in [7, 11) is 0. The second-order valence-electron chi connectivity index (χ2n) is 7.73. The third kappa shape index (κ3) is 5.22. The van der Waals surface area contributed by atoms with Gasteiger partial charge in [-0.15, -0.1) is 13.2 Å². The summed E-state index contributed by atoms with van der Waals surface area (Å²) in [6.07, 6.45) is -5.42. The van der Waals surface area contributed by atoms with Crippen molar-refractivity contribution in [1.29, 1.82) is 0 Å². The lowest BCUT2D eigenvalue weighted by Crippen LogP contribution is -2.58. The Morgan fingerprint density at radius 2 is 1.75 bits per heavy atom. The molecule has 32 heavy (non-hydrogen) atoms. The van der Waals surface area contributed by atoms with E-state index in [9.17, 15) is 31.1 Å². The Balaban J connectivity index is 1.41. The fourth-order valence-electron chi connectivity index (χ4n) is 3.48. The van der Waals surface area contributed by atoms with Crippen molar-refractivity contribution in [2.24, 2.45) is 0 Å². The smallest absolute Gasteiger partial charge is 0.406 e. The molecule has 1 saturated carbocycles. The maximum absolute atomic E-state index is 12.8. The average molecular weight is 460 g/mol. The summed E-state index contributed by atoms with van der Waals surface area (Å²) >= 11 is 0. The highest BCUT2D eigenvalue weighted by molar-refractivity contribution is 5.94. The molecule has 1 aliphatic carbocycles. The fraction of sp³-hybridized carbons (Fsp3) is 0.450. The molecule has 12 heteroatoms. The minimum atomic E-state index is -4.81. The Hall–Kier alpha value is -3.05. The highest BCUT2D eigenvalue weighted by Crippen LogP contribution is 2.42. The molecule has 2 aromatic rings. The van der Waals surface area contributed by atoms with Gasteiger partial charge in [-0.05, 0) is 48.4 Å².